The van der Waals surface area contributed by atoms with Crippen LogP contribution in [0.1, 0.15) is 0 Å². The predicted molar refractivity (Wildman–Crippen MR) is 78.8 cm³/mol. The van der Waals surface area contributed by atoms with Gasteiger partial charge in [0.05, 0.1) is 5.69 Å². The fourth-order valence-corrected chi connectivity index (χ4v) is 2.52. The van der Waals surface area contributed by atoms with E-state index >= 15 is 0 Å². The van der Waals surface area contributed by atoms with E-state index in [4.69, 9.17) is 0 Å². The Balaban J connectivity index is 2.06. The molecule has 4 nitrogen and oxygen atoms in total. The van der Waals surface area contributed by atoms with Gasteiger partial charge in [0.15, 0.2) is 0 Å². The SMILES string of the molecule is O=c1[nH]ccn2nc(-c3cccc4ccccc34)cc12. The second-order valence-electron chi connectivity index (χ2n) is 4.68. The van der Waals surface area contributed by atoms with Gasteiger partial charge in [-0.15, -0.1) is 0 Å². The Morgan fingerprint density at radius 1 is 1.05 bits per heavy atom. The predicted octanol–water partition coefficient (Wildman–Crippen LogP) is 2.84. The van der Waals surface area contributed by atoms with Gasteiger partial charge < -0.3 is 4.98 Å². The molecular formula is C16H11N3O. The van der Waals surface area contributed by atoms with E-state index in [9.17, 15) is 4.79 Å². The first kappa shape index (κ1) is 11.0. The molecule has 2 aromatic carbocycles. The second-order valence-corrected chi connectivity index (χ2v) is 4.68. The van der Waals surface area contributed by atoms with E-state index in [1.165, 1.54) is 0 Å². The molecule has 4 rings (SSSR count). The molecule has 4 aromatic rings. The number of benzene rings is 2. The fourth-order valence-electron chi connectivity index (χ4n) is 2.52. The molecule has 20 heavy (non-hydrogen) atoms. The summed E-state index contributed by atoms with van der Waals surface area (Å²) in [6, 6.07) is 16.1. The summed E-state index contributed by atoms with van der Waals surface area (Å²) in [6.07, 6.45) is 3.33. The lowest BCUT2D eigenvalue weighted by atomic mass is 10.0. The Kier molecular flexibility index (Phi) is 2.23. The number of rotatable bonds is 1. The highest BCUT2D eigenvalue weighted by molar-refractivity contribution is 5.96. The van der Waals surface area contributed by atoms with Gasteiger partial charge in [-0.3, -0.25) is 4.79 Å². The lowest BCUT2D eigenvalue weighted by Gasteiger charge is -2.02. The summed E-state index contributed by atoms with van der Waals surface area (Å²) in [5, 5.41) is 6.79. The van der Waals surface area contributed by atoms with E-state index in [0.29, 0.717) is 5.52 Å². The maximum Gasteiger partial charge on any atom is 0.273 e. The highest BCUT2D eigenvalue weighted by Gasteiger charge is 2.09. The van der Waals surface area contributed by atoms with Crippen LogP contribution in [0, 0.1) is 0 Å². The largest absolute Gasteiger partial charge is 0.326 e. The molecule has 0 spiro atoms. The van der Waals surface area contributed by atoms with Crippen molar-refractivity contribution in [3.63, 3.8) is 0 Å². The average molecular weight is 261 g/mol. The topological polar surface area (TPSA) is 50.2 Å². The zero-order chi connectivity index (χ0) is 13.5. The Labute approximate surface area is 114 Å². The van der Waals surface area contributed by atoms with E-state index in [2.05, 4.69) is 28.3 Å². The van der Waals surface area contributed by atoms with Crippen molar-refractivity contribution in [1.82, 2.24) is 14.6 Å². The van der Waals surface area contributed by atoms with Crippen molar-refractivity contribution in [2.24, 2.45) is 0 Å². The summed E-state index contributed by atoms with van der Waals surface area (Å²) < 4.78 is 1.61. The van der Waals surface area contributed by atoms with E-state index in [-0.39, 0.29) is 5.56 Å². The summed E-state index contributed by atoms with van der Waals surface area (Å²) in [5.41, 5.74) is 2.26. The van der Waals surface area contributed by atoms with Crippen LogP contribution >= 0.6 is 0 Å². The molecule has 0 aliphatic rings. The van der Waals surface area contributed by atoms with Crippen molar-refractivity contribution in [3.8, 4) is 11.3 Å². The van der Waals surface area contributed by atoms with Crippen LogP contribution in [-0.2, 0) is 0 Å². The zero-order valence-corrected chi connectivity index (χ0v) is 10.6. The molecule has 2 aromatic heterocycles. The first-order valence-corrected chi connectivity index (χ1v) is 6.38. The molecule has 0 unspecified atom stereocenters. The van der Waals surface area contributed by atoms with Gasteiger partial charge in [-0.2, -0.15) is 5.10 Å². The number of nitrogens with zero attached hydrogens (tertiary/aromatic N) is 2. The Morgan fingerprint density at radius 2 is 1.90 bits per heavy atom. The highest BCUT2D eigenvalue weighted by atomic mass is 16.1. The first-order valence-electron chi connectivity index (χ1n) is 6.38. The van der Waals surface area contributed by atoms with Gasteiger partial charge in [0.1, 0.15) is 5.52 Å². The minimum atomic E-state index is -0.133. The molecule has 0 aliphatic heterocycles. The summed E-state index contributed by atoms with van der Waals surface area (Å²) in [4.78, 5) is 14.4. The number of H-pyrrole nitrogens is 1. The molecule has 2 heterocycles. The molecule has 0 fully saturated rings. The van der Waals surface area contributed by atoms with Crippen molar-refractivity contribution < 1.29 is 0 Å². The van der Waals surface area contributed by atoms with Crippen molar-refractivity contribution in [2.75, 3.05) is 0 Å². The van der Waals surface area contributed by atoms with Crippen LogP contribution in [0.15, 0.2) is 65.7 Å². The molecule has 0 amide bonds. The van der Waals surface area contributed by atoms with Crippen molar-refractivity contribution in [1.29, 1.82) is 0 Å². The van der Waals surface area contributed by atoms with Gasteiger partial charge in [0.25, 0.3) is 5.56 Å². The summed E-state index contributed by atoms with van der Waals surface area (Å²) in [6.45, 7) is 0. The van der Waals surface area contributed by atoms with Gasteiger partial charge in [-0.05, 0) is 16.8 Å². The molecular weight excluding hydrogens is 250 g/mol. The standard InChI is InChI=1S/C16H11N3O/c20-16-15-10-14(18-19(15)9-8-17-16)13-7-3-5-11-4-1-2-6-12(11)13/h1-10H,(H,17,20). The molecule has 0 saturated carbocycles. The minimum Gasteiger partial charge on any atom is -0.326 e. The monoisotopic (exact) mass is 261 g/mol. The molecule has 0 saturated heterocycles. The van der Waals surface area contributed by atoms with Crippen molar-refractivity contribution in [2.45, 2.75) is 0 Å². The summed E-state index contributed by atoms with van der Waals surface area (Å²) >= 11 is 0. The Bertz CT molecular complexity index is 976. The number of nitrogens with one attached hydrogen (secondary N) is 1. The van der Waals surface area contributed by atoms with Gasteiger partial charge >= 0.3 is 0 Å². The van der Waals surface area contributed by atoms with Crippen LogP contribution < -0.4 is 5.56 Å². The van der Waals surface area contributed by atoms with Crippen LogP contribution in [0.4, 0.5) is 0 Å². The molecule has 4 heteroatoms. The average Bonchev–Trinajstić information content (AvgIpc) is 2.92. The van der Waals surface area contributed by atoms with E-state index in [1.807, 2.05) is 30.3 Å². The van der Waals surface area contributed by atoms with Crippen LogP contribution in [0.25, 0.3) is 27.5 Å². The van der Waals surface area contributed by atoms with Crippen LogP contribution in [-0.4, -0.2) is 14.6 Å². The molecule has 0 radical (unpaired) electrons. The van der Waals surface area contributed by atoms with Crippen molar-refractivity contribution in [3.05, 3.63) is 71.3 Å². The first-order chi connectivity index (χ1) is 9.83. The van der Waals surface area contributed by atoms with Gasteiger partial charge in [-0.1, -0.05) is 42.5 Å². The Morgan fingerprint density at radius 3 is 2.80 bits per heavy atom. The maximum absolute atomic E-state index is 11.8. The third kappa shape index (κ3) is 1.55. The lowest BCUT2D eigenvalue weighted by Crippen LogP contribution is -2.07. The number of hydrogen-bond donors (Lipinski definition) is 1. The van der Waals surface area contributed by atoms with E-state index in [1.54, 1.807) is 16.9 Å². The maximum atomic E-state index is 11.8. The third-order valence-corrected chi connectivity index (χ3v) is 3.46. The minimum absolute atomic E-state index is 0.133. The molecule has 0 aliphatic carbocycles. The number of fused-ring (bicyclic) bond motifs is 2. The Hall–Kier alpha value is -2.88. The van der Waals surface area contributed by atoms with E-state index < -0.39 is 0 Å². The number of hydrogen-bond acceptors (Lipinski definition) is 2. The summed E-state index contributed by atoms with van der Waals surface area (Å²) in [5.74, 6) is 0. The van der Waals surface area contributed by atoms with Gasteiger partial charge in [0.2, 0.25) is 0 Å². The third-order valence-electron chi connectivity index (χ3n) is 3.46. The highest BCUT2D eigenvalue weighted by Crippen LogP contribution is 2.27. The molecule has 0 bridgehead atoms. The second kappa shape index (κ2) is 4.06. The zero-order valence-electron chi connectivity index (χ0n) is 10.6. The fraction of sp³-hybridized carbons (Fsp3) is 0. The van der Waals surface area contributed by atoms with Gasteiger partial charge in [0, 0.05) is 18.0 Å². The van der Waals surface area contributed by atoms with Gasteiger partial charge in [-0.25, -0.2) is 4.52 Å². The molecule has 0 atom stereocenters. The van der Waals surface area contributed by atoms with Crippen LogP contribution in [0.3, 0.4) is 0 Å². The quantitative estimate of drug-likeness (QED) is 0.573. The number of aromatic nitrogens is 3. The molecule has 96 valence electrons. The van der Waals surface area contributed by atoms with Crippen LogP contribution in [0.5, 0.6) is 0 Å². The van der Waals surface area contributed by atoms with Crippen LogP contribution in [0.2, 0.25) is 0 Å². The van der Waals surface area contributed by atoms with Crippen molar-refractivity contribution >= 4 is 16.3 Å². The smallest absolute Gasteiger partial charge is 0.273 e. The number of aromatic amines is 1. The summed E-state index contributed by atoms with van der Waals surface area (Å²) in [7, 11) is 0. The molecule has 1 N–H and O–H groups in total. The normalized spacial score (nSPS) is 11.2. The lowest BCUT2D eigenvalue weighted by molar-refractivity contribution is 0.940. The van der Waals surface area contributed by atoms with E-state index in [0.717, 1.165) is 22.0 Å².